The molecule has 2 aromatic rings. The average molecular weight is 316 g/mol. The maximum Gasteiger partial charge on any atom is 0.123 e. The van der Waals surface area contributed by atoms with Gasteiger partial charge in [-0.1, -0.05) is 30.3 Å². The maximum atomic E-state index is 9.62. The first-order valence-electron chi connectivity index (χ1n) is 8.10. The molecule has 1 atom stereocenters. The third-order valence-electron chi connectivity index (χ3n) is 4.43. The van der Waals surface area contributed by atoms with E-state index in [1.165, 1.54) is 10.4 Å². The molecular formula is C18H24N2OS. The van der Waals surface area contributed by atoms with Gasteiger partial charge in [0, 0.05) is 22.5 Å². The zero-order valence-corrected chi connectivity index (χ0v) is 14.1. The fraction of sp³-hybridized carbons (Fsp3) is 0.500. The number of aliphatic hydroxyl groups is 1. The minimum Gasteiger partial charge on any atom is -0.393 e. The highest BCUT2D eigenvalue weighted by molar-refractivity contribution is 7.15. The van der Waals surface area contributed by atoms with E-state index in [2.05, 4.69) is 43.4 Å². The molecule has 0 bridgehead atoms. The molecule has 118 valence electrons. The van der Waals surface area contributed by atoms with Gasteiger partial charge in [0.25, 0.3) is 0 Å². The summed E-state index contributed by atoms with van der Waals surface area (Å²) in [5.74, 6) is 0. The second-order valence-electron chi connectivity index (χ2n) is 6.23. The Morgan fingerprint density at radius 1 is 1.18 bits per heavy atom. The molecule has 3 rings (SSSR count). The van der Waals surface area contributed by atoms with Crippen LogP contribution in [0.4, 0.5) is 0 Å². The number of benzene rings is 1. The first-order valence-corrected chi connectivity index (χ1v) is 8.92. The van der Waals surface area contributed by atoms with E-state index in [0.29, 0.717) is 12.1 Å². The van der Waals surface area contributed by atoms with Crippen LogP contribution in [0.2, 0.25) is 0 Å². The van der Waals surface area contributed by atoms with Crippen LogP contribution >= 0.6 is 11.3 Å². The summed E-state index contributed by atoms with van der Waals surface area (Å²) in [4.78, 5) is 6.07. The summed E-state index contributed by atoms with van der Waals surface area (Å²) in [5.41, 5.74) is 2.31. The number of nitrogens with zero attached hydrogens (tertiary/aromatic N) is 1. The van der Waals surface area contributed by atoms with Crippen LogP contribution in [-0.2, 0) is 0 Å². The fourth-order valence-electron chi connectivity index (χ4n) is 3.19. The summed E-state index contributed by atoms with van der Waals surface area (Å²) in [6.07, 6.45) is 3.87. The number of aryl methyl sites for hydroxylation is 1. The van der Waals surface area contributed by atoms with Crippen LogP contribution in [0.25, 0.3) is 10.6 Å². The molecule has 2 N–H and O–H groups in total. The van der Waals surface area contributed by atoms with Crippen LogP contribution in [0.5, 0.6) is 0 Å². The van der Waals surface area contributed by atoms with Gasteiger partial charge in [-0.2, -0.15) is 0 Å². The normalized spacial score (nSPS) is 23.4. The summed E-state index contributed by atoms with van der Waals surface area (Å²) in [7, 11) is 0. The molecule has 1 aromatic heterocycles. The predicted octanol–water partition coefficient (Wildman–Crippen LogP) is 4.07. The van der Waals surface area contributed by atoms with E-state index in [1.54, 1.807) is 11.3 Å². The van der Waals surface area contributed by atoms with Gasteiger partial charge in [-0.15, -0.1) is 11.3 Å². The molecule has 1 aromatic carbocycles. The zero-order chi connectivity index (χ0) is 15.5. The van der Waals surface area contributed by atoms with E-state index < -0.39 is 0 Å². The molecule has 0 radical (unpaired) electrons. The summed E-state index contributed by atoms with van der Waals surface area (Å²) in [6, 6.07) is 11.2. The monoisotopic (exact) mass is 316 g/mol. The van der Waals surface area contributed by atoms with Crippen molar-refractivity contribution in [3.63, 3.8) is 0 Å². The van der Waals surface area contributed by atoms with Crippen LogP contribution in [0, 0.1) is 6.92 Å². The lowest BCUT2D eigenvalue weighted by Crippen LogP contribution is -2.36. The minimum absolute atomic E-state index is 0.0943. The smallest absolute Gasteiger partial charge is 0.123 e. The highest BCUT2D eigenvalue weighted by atomic mass is 32.1. The molecule has 0 aliphatic heterocycles. The van der Waals surface area contributed by atoms with Gasteiger partial charge in [0.15, 0.2) is 0 Å². The van der Waals surface area contributed by atoms with Gasteiger partial charge in [-0.05, 0) is 39.5 Å². The van der Waals surface area contributed by atoms with E-state index in [-0.39, 0.29) is 6.10 Å². The van der Waals surface area contributed by atoms with Gasteiger partial charge in [0.1, 0.15) is 5.01 Å². The highest BCUT2D eigenvalue weighted by Gasteiger charge is 2.23. The van der Waals surface area contributed by atoms with Crippen molar-refractivity contribution >= 4 is 11.3 Å². The van der Waals surface area contributed by atoms with E-state index in [0.717, 1.165) is 36.4 Å². The Balaban J connectivity index is 1.70. The molecule has 0 spiro atoms. The number of hydrogen-bond acceptors (Lipinski definition) is 4. The van der Waals surface area contributed by atoms with Crippen molar-refractivity contribution in [2.45, 2.75) is 57.7 Å². The minimum atomic E-state index is -0.0943. The van der Waals surface area contributed by atoms with Gasteiger partial charge in [-0.3, -0.25) is 0 Å². The molecule has 1 aliphatic carbocycles. The lowest BCUT2D eigenvalue weighted by atomic mass is 9.92. The number of aliphatic hydroxyl groups excluding tert-OH is 1. The average Bonchev–Trinajstić information content (AvgIpc) is 2.92. The molecule has 1 fully saturated rings. The summed E-state index contributed by atoms with van der Waals surface area (Å²) < 4.78 is 0. The van der Waals surface area contributed by atoms with E-state index >= 15 is 0 Å². The Bertz CT molecular complexity index is 603. The first-order chi connectivity index (χ1) is 10.6. The molecule has 3 nitrogen and oxygen atoms in total. The Kier molecular flexibility index (Phi) is 4.91. The molecule has 1 heterocycles. The molecular weight excluding hydrogens is 292 g/mol. The van der Waals surface area contributed by atoms with Crippen LogP contribution in [0.3, 0.4) is 0 Å². The quantitative estimate of drug-likeness (QED) is 0.893. The van der Waals surface area contributed by atoms with Crippen molar-refractivity contribution in [2.24, 2.45) is 0 Å². The Hall–Kier alpha value is -1.23. The third-order valence-corrected chi connectivity index (χ3v) is 5.82. The second kappa shape index (κ2) is 6.90. The van der Waals surface area contributed by atoms with Gasteiger partial charge in [0.2, 0.25) is 0 Å². The molecule has 0 amide bonds. The summed E-state index contributed by atoms with van der Waals surface area (Å²) in [5, 5.41) is 14.4. The highest BCUT2D eigenvalue weighted by Crippen LogP contribution is 2.32. The van der Waals surface area contributed by atoms with Crippen LogP contribution in [-0.4, -0.2) is 22.2 Å². The topological polar surface area (TPSA) is 45.2 Å². The largest absolute Gasteiger partial charge is 0.393 e. The lowest BCUT2D eigenvalue weighted by Gasteiger charge is -2.28. The number of rotatable bonds is 4. The van der Waals surface area contributed by atoms with Gasteiger partial charge in [0.05, 0.1) is 11.8 Å². The Labute approximate surface area is 136 Å². The second-order valence-corrected chi connectivity index (χ2v) is 7.26. The van der Waals surface area contributed by atoms with Crippen molar-refractivity contribution in [3.05, 3.63) is 40.9 Å². The zero-order valence-electron chi connectivity index (χ0n) is 13.2. The number of aromatic nitrogens is 1. The van der Waals surface area contributed by atoms with E-state index in [9.17, 15) is 5.11 Å². The van der Waals surface area contributed by atoms with Gasteiger partial charge in [-0.25, -0.2) is 4.98 Å². The lowest BCUT2D eigenvalue weighted by molar-refractivity contribution is 0.114. The predicted molar refractivity (Wildman–Crippen MR) is 92.1 cm³/mol. The SMILES string of the molecule is Cc1nc(-c2ccccc2)sc1C(C)NC1CCC(O)CC1. The summed E-state index contributed by atoms with van der Waals surface area (Å²) >= 11 is 1.79. The van der Waals surface area contributed by atoms with Crippen molar-refractivity contribution in [1.82, 2.24) is 10.3 Å². The molecule has 0 saturated heterocycles. The number of nitrogens with one attached hydrogen (secondary N) is 1. The standard InChI is InChI=1S/C18H24N2OS/c1-12(19-15-8-10-16(21)11-9-15)17-13(2)20-18(22-17)14-6-4-3-5-7-14/h3-7,12,15-16,19,21H,8-11H2,1-2H3. The van der Waals surface area contributed by atoms with Gasteiger partial charge < -0.3 is 10.4 Å². The van der Waals surface area contributed by atoms with Crippen LogP contribution in [0.1, 0.15) is 49.2 Å². The van der Waals surface area contributed by atoms with Crippen molar-refractivity contribution in [2.75, 3.05) is 0 Å². The Morgan fingerprint density at radius 2 is 1.86 bits per heavy atom. The molecule has 1 aliphatic rings. The summed E-state index contributed by atoms with van der Waals surface area (Å²) in [6.45, 7) is 4.32. The number of hydrogen-bond donors (Lipinski definition) is 2. The number of thiazole rings is 1. The van der Waals surface area contributed by atoms with Crippen molar-refractivity contribution in [3.8, 4) is 10.6 Å². The Morgan fingerprint density at radius 3 is 2.55 bits per heavy atom. The van der Waals surface area contributed by atoms with Crippen molar-refractivity contribution in [1.29, 1.82) is 0 Å². The first kappa shape index (κ1) is 15.7. The molecule has 1 saturated carbocycles. The van der Waals surface area contributed by atoms with Gasteiger partial charge >= 0.3 is 0 Å². The fourth-order valence-corrected chi connectivity index (χ4v) is 4.27. The van der Waals surface area contributed by atoms with E-state index in [4.69, 9.17) is 4.98 Å². The van der Waals surface area contributed by atoms with E-state index in [1.807, 2.05) is 6.07 Å². The molecule has 1 unspecified atom stereocenters. The third kappa shape index (κ3) is 3.57. The maximum absolute atomic E-state index is 9.62. The van der Waals surface area contributed by atoms with Crippen molar-refractivity contribution < 1.29 is 5.11 Å². The molecule has 22 heavy (non-hydrogen) atoms. The van der Waals surface area contributed by atoms with Crippen LogP contribution < -0.4 is 5.32 Å². The van der Waals surface area contributed by atoms with Crippen LogP contribution in [0.15, 0.2) is 30.3 Å². The molecule has 4 heteroatoms.